The van der Waals surface area contributed by atoms with Crippen molar-refractivity contribution in [1.29, 1.82) is 0 Å². The molecule has 1 rings (SSSR count). The molecule has 0 spiro atoms. The molecule has 92 valence electrons. The summed E-state index contributed by atoms with van der Waals surface area (Å²) in [6, 6.07) is 6.65. The van der Waals surface area contributed by atoms with Crippen LogP contribution < -0.4 is 4.74 Å². The Morgan fingerprint density at radius 1 is 1.12 bits per heavy atom. The smallest absolute Gasteiger partial charge is 0.316 e. The molecule has 0 aliphatic heterocycles. The van der Waals surface area contributed by atoms with E-state index in [0.717, 1.165) is 0 Å². The second kappa shape index (κ2) is 5.13. The van der Waals surface area contributed by atoms with Crippen LogP contribution >= 0.6 is 0 Å². The fourth-order valence-corrected chi connectivity index (χ4v) is 1.17. The van der Waals surface area contributed by atoms with Crippen LogP contribution in [-0.2, 0) is 4.79 Å². The Kier molecular flexibility index (Phi) is 4.05. The highest BCUT2D eigenvalue weighted by Gasteiger charge is 2.23. The van der Waals surface area contributed by atoms with Crippen LogP contribution in [0.15, 0.2) is 24.3 Å². The molecule has 0 aromatic heterocycles. The summed E-state index contributed by atoms with van der Waals surface area (Å²) in [5.74, 6) is 0.267. The average molecular weight is 234 g/mol. The zero-order chi connectivity index (χ0) is 13.1. The molecule has 3 nitrogen and oxygen atoms in total. The van der Waals surface area contributed by atoms with E-state index in [9.17, 15) is 9.59 Å². The average Bonchev–Trinajstić information content (AvgIpc) is 2.27. The van der Waals surface area contributed by atoms with E-state index in [1.54, 1.807) is 45.0 Å². The van der Waals surface area contributed by atoms with E-state index in [0.29, 0.717) is 17.7 Å². The molecule has 0 aliphatic rings. The zero-order valence-corrected chi connectivity index (χ0v) is 10.7. The Hall–Kier alpha value is -1.64. The topological polar surface area (TPSA) is 43.4 Å². The molecule has 0 bridgehead atoms. The Morgan fingerprint density at radius 3 is 2.06 bits per heavy atom. The van der Waals surface area contributed by atoms with Gasteiger partial charge in [0.2, 0.25) is 0 Å². The molecule has 0 saturated heterocycles. The first-order valence-corrected chi connectivity index (χ1v) is 5.70. The molecule has 0 heterocycles. The highest BCUT2D eigenvalue weighted by atomic mass is 16.5. The Labute approximate surface area is 102 Å². The number of ketones is 1. The summed E-state index contributed by atoms with van der Waals surface area (Å²) in [7, 11) is 0. The highest BCUT2D eigenvalue weighted by molar-refractivity contribution is 5.95. The van der Waals surface area contributed by atoms with Crippen molar-refractivity contribution in [2.45, 2.75) is 34.1 Å². The maximum Gasteiger partial charge on any atom is 0.316 e. The normalized spacial score (nSPS) is 11.1. The SMILES string of the molecule is CCC(=O)c1ccc(OC(=O)C(C)(C)C)cc1. The Balaban J connectivity index is 2.76. The van der Waals surface area contributed by atoms with Crippen LogP contribution in [0.5, 0.6) is 5.75 Å². The van der Waals surface area contributed by atoms with Gasteiger partial charge in [-0.25, -0.2) is 0 Å². The van der Waals surface area contributed by atoms with E-state index in [4.69, 9.17) is 4.74 Å². The van der Waals surface area contributed by atoms with Gasteiger partial charge in [-0.15, -0.1) is 0 Å². The lowest BCUT2D eigenvalue weighted by molar-refractivity contribution is -0.142. The number of Topliss-reactive ketones (excluding diaryl/α,β-unsaturated/α-hetero) is 1. The summed E-state index contributed by atoms with van der Waals surface area (Å²) in [6.07, 6.45) is 0.473. The van der Waals surface area contributed by atoms with Crippen LogP contribution in [0, 0.1) is 5.41 Å². The van der Waals surface area contributed by atoms with Crippen molar-refractivity contribution in [2.24, 2.45) is 5.41 Å². The fourth-order valence-electron chi connectivity index (χ4n) is 1.17. The van der Waals surface area contributed by atoms with Gasteiger partial charge in [0.15, 0.2) is 5.78 Å². The van der Waals surface area contributed by atoms with Crippen LogP contribution in [0.4, 0.5) is 0 Å². The number of carbonyl (C=O) groups is 2. The monoisotopic (exact) mass is 234 g/mol. The third-order valence-corrected chi connectivity index (χ3v) is 2.32. The first-order chi connectivity index (χ1) is 7.84. The van der Waals surface area contributed by atoms with Gasteiger partial charge in [-0.05, 0) is 45.0 Å². The number of hydrogen-bond acceptors (Lipinski definition) is 3. The van der Waals surface area contributed by atoms with E-state index in [-0.39, 0.29) is 11.8 Å². The predicted molar refractivity (Wildman–Crippen MR) is 66.2 cm³/mol. The molecule has 0 amide bonds. The molecule has 0 saturated carbocycles. The van der Waals surface area contributed by atoms with E-state index in [1.807, 2.05) is 6.92 Å². The van der Waals surface area contributed by atoms with Crippen molar-refractivity contribution in [2.75, 3.05) is 0 Å². The summed E-state index contributed by atoms with van der Waals surface area (Å²) < 4.78 is 5.20. The number of ether oxygens (including phenoxy) is 1. The lowest BCUT2D eigenvalue weighted by Gasteiger charge is -2.16. The standard InChI is InChI=1S/C14H18O3/c1-5-12(15)10-6-8-11(9-7-10)17-13(16)14(2,3)4/h6-9H,5H2,1-4H3. The van der Waals surface area contributed by atoms with Gasteiger partial charge in [0, 0.05) is 12.0 Å². The minimum atomic E-state index is -0.530. The van der Waals surface area contributed by atoms with E-state index < -0.39 is 5.41 Å². The van der Waals surface area contributed by atoms with Gasteiger partial charge in [0.1, 0.15) is 5.75 Å². The number of hydrogen-bond donors (Lipinski definition) is 0. The first-order valence-electron chi connectivity index (χ1n) is 5.70. The molecule has 0 fully saturated rings. The maximum absolute atomic E-state index is 11.6. The maximum atomic E-state index is 11.6. The summed E-state index contributed by atoms with van der Waals surface area (Å²) in [5, 5.41) is 0. The van der Waals surface area contributed by atoms with Crippen molar-refractivity contribution in [3.63, 3.8) is 0 Å². The van der Waals surface area contributed by atoms with E-state index in [1.165, 1.54) is 0 Å². The number of carbonyl (C=O) groups excluding carboxylic acids is 2. The van der Waals surface area contributed by atoms with Crippen molar-refractivity contribution >= 4 is 11.8 Å². The van der Waals surface area contributed by atoms with Crippen LogP contribution in [0.2, 0.25) is 0 Å². The van der Waals surface area contributed by atoms with Gasteiger partial charge in [0.05, 0.1) is 5.41 Å². The van der Waals surface area contributed by atoms with Gasteiger partial charge in [0.25, 0.3) is 0 Å². The van der Waals surface area contributed by atoms with Gasteiger partial charge in [-0.1, -0.05) is 6.92 Å². The first kappa shape index (κ1) is 13.4. The lowest BCUT2D eigenvalue weighted by atomic mass is 9.97. The minimum Gasteiger partial charge on any atom is -0.426 e. The minimum absolute atomic E-state index is 0.0821. The molecule has 3 heteroatoms. The second-order valence-electron chi connectivity index (χ2n) is 4.94. The molecule has 0 radical (unpaired) electrons. The van der Waals surface area contributed by atoms with Crippen LogP contribution in [-0.4, -0.2) is 11.8 Å². The van der Waals surface area contributed by atoms with Crippen molar-refractivity contribution in [3.8, 4) is 5.75 Å². The molecule has 0 atom stereocenters. The summed E-state index contributed by atoms with van der Waals surface area (Å²) in [6.45, 7) is 7.20. The Morgan fingerprint density at radius 2 is 1.65 bits per heavy atom. The van der Waals surface area contributed by atoms with Gasteiger partial charge >= 0.3 is 5.97 Å². The third kappa shape index (κ3) is 3.70. The predicted octanol–water partition coefficient (Wildman–Crippen LogP) is 3.23. The van der Waals surface area contributed by atoms with E-state index >= 15 is 0 Å². The fraction of sp³-hybridized carbons (Fsp3) is 0.429. The molecule has 1 aromatic rings. The van der Waals surface area contributed by atoms with Gasteiger partial charge < -0.3 is 4.74 Å². The number of benzene rings is 1. The molecule has 17 heavy (non-hydrogen) atoms. The van der Waals surface area contributed by atoms with Crippen LogP contribution in [0.3, 0.4) is 0 Å². The molecular weight excluding hydrogens is 216 g/mol. The molecule has 0 aliphatic carbocycles. The van der Waals surface area contributed by atoms with E-state index in [2.05, 4.69) is 0 Å². The summed E-state index contributed by atoms with van der Waals surface area (Å²) in [4.78, 5) is 23.0. The highest BCUT2D eigenvalue weighted by Crippen LogP contribution is 2.20. The van der Waals surface area contributed by atoms with Crippen LogP contribution in [0.1, 0.15) is 44.5 Å². The molecule has 0 unspecified atom stereocenters. The second-order valence-corrected chi connectivity index (χ2v) is 4.94. The summed E-state index contributed by atoms with van der Waals surface area (Å²) >= 11 is 0. The van der Waals surface area contributed by atoms with Crippen molar-refractivity contribution < 1.29 is 14.3 Å². The Bertz CT molecular complexity index is 410. The zero-order valence-electron chi connectivity index (χ0n) is 10.7. The van der Waals surface area contributed by atoms with Gasteiger partial charge in [-0.2, -0.15) is 0 Å². The third-order valence-electron chi connectivity index (χ3n) is 2.32. The van der Waals surface area contributed by atoms with Gasteiger partial charge in [-0.3, -0.25) is 9.59 Å². The van der Waals surface area contributed by atoms with Crippen molar-refractivity contribution in [3.05, 3.63) is 29.8 Å². The number of esters is 1. The largest absolute Gasteiger partial charge is 0.426 e. The molecular formula is C14H18O3. The number of rotatable bonds is 3. The molecule has 1 aromatic carbocycles. The quantitative estimate of drug-likeness (QED) is 0.458. The molecule has 0 N–H and O–H groups in total. The summed E-state index contributed by atoms with van der Waals surface area (Å²) in [5.41, 5.74) is 0.112. The lowest BCUT2D eigenvalue weighted by Crippen LogP contribution is -2.25. The van der Waals surface area contributed by atoms with Crippen LogP contribution in [0.25, 0.3) is 0 Å². The van der Waals surface area contributed by atoms with Crippen molar-refractivity contribution in [1.82, 2.24) is 0 Å².